The SMILES string of the molecule is CCCC1S/C(=N\CCCC(CC)c2cccnc2)N(C(=S)Nc2cc(Cl)ccc2C)C1CCC. The molecule has 0 radical (unpaired) electrons. The minimum Gasteiger partial charge on any atom is -0.332 e. The number of amidine groups is 1. The Hall–Kier alpha value is -1.63. The highest BCUT2D eigenvalue weighted by Crippen LogP contribution is 2.38. The number of hydrogen-bond donors (Lipinski definition) is 1. The summed E-state index contributed by atoms with van der Waals surface area (Å²) in [5.41, 5.74) is 3.41. The molecule has 35 heavy (non-hydrogen) atoms. The summed E-state index contributed by atoms with van der Waals surface area (Å²) in [5, 5.41) is 6.49. The predicted octanol–water partition coefficient (Wildman–Crippen LogP) is 8.46. The van der Waals surface area contributed by atoms with E-state index in [4.69, 9.17) is 28.8 Å². The normalized spacial score (nSPS) is 19.8. The molecule has 3 atom stereocenters. The molecule has 0 spiro atoms. The van der Waals surface area contributed by atoms with Crippen molar-refractivity contribution < 1.29 is 0 Å². The van der Waals surface area contributed by atoms with Crippen LogP contribution in [-0.4, -0.2) is 38.0 Å². The van der Waals surface area contributed by atoms with Gasteiger partial charge in [0.25, 0.3) is 0 Å². The summed E-state index contributed by atoms with van der Waals surface area (Å²) in [6.45, 7) is 9.65. The average Bonchev–Trinajstić information content (AvgIpc) is 3.19. The second kappa shape index (κ2) is 14.2. The van der Waals surface area contributed by atoms with E-state index in [1.54, 1.807) is 0 Å². The number of anilines is 1. The first-order valence-electron chi connectivity index (χ1n) is 13.0. The lowest BCUT2D eigenvalue weighted by Gasteiger charge is -2.29. The first-order valence-corrected chi connectivity index (χ1v) is 14.6. The molecule has 190 valence electrons. The van der Waals surface area contributed by atoms with Crippen molar-refractivity contribution in [3.63, 3.8) is 0 Å². The highest BCUT2D eigenvalue weighted by atomic mass is 35.5. The van der Waals surface area contributed by atoms with Gasteiger partial charge in [-0.3, -0.25) is 14.9 Å². The van der Waals surface area contributed by atoms with Crippen LogP contribution in [0.4, 0.5) is 5.69 Å². The fourth-order valence-electron chi connectivity index (χ4n) is 4.72. The maximum atomic E-state index is 6.27. The molecule has 1 aromatic heterocycles. The summed E-state index contributed by atoms with van der Waals surface area (Å²) in [6.07, 6.45) is 11.7. The molecule has 1 saturated heterocycles. The molecule has 1 aromatic carbocycles. The number of thiocarbonyl (C=S) groups is 1. The number of rotatable bonds is 11. The van der Waals surface area contributed by atoms with Gasteiger partial charge in [0.15, 0.2) is 10.3 Å². The first kappa shape index (κ1) is 27.9. The smallest absolute Gasteiger partial charge is 0.179 e. The lowest BCUT2D eigenvalue weighted by atomic mass is 9.93. The number of aromatic nitrogens is 1. The standard InChI is InChI=1S/C28H39ClN4S2/c1-5-10-25-26(11-6-2)35-28(31-17-9-12-21(7-3)22-13-8-16-30-19-22)33(25)27(34)32-24-18-23(29)15-14-20(24)4/h8,13-16,18-19,21,25-26H,5-7,9-12,17H2,1-4H3,(H,32,34)/b31-28-. The van der Waals surface area contributed by atoms with Gasteiger partial charge in [-0.1, -0.05) is 69.1 Å². The van der Waals surface area contributed by atoms with E-state index in [1.165, 1.54) is 12.0 Å². The Kier molecular flexibility index (Phi) is 11.3. The number of nitrogens with one attached hydrogen (secondary N) is 1. The van der Waals surface area contributed by atoms with E-state index in [-0.39, 0.29) is 0 Å². The number of aliphatic imine (C=N–C) groups is 1. The molecule has 1 aliphatic heterocycles. The van der Waals surface area contributed by atoms with Crippen LogP contribution in [0, 0.1) is 6.92 Å². The predicted molar refractivity (Wildman–Crippen MR) is 158 cm³/mol. The van der Waals surface area contributed by atoms with Crippen LogP contribution in [0.1, 0.15) is 82.8 Å². The van der Waals surface area contributed by atoms with Crippen molar-refractivity contribution in [2.24, 2.45) is 4.99 Å². The van der Waals surface area contributed by atoms with E-state index >= 15 is 0 Å². The summed E-state index contributed by atoms with van der Waals surface area (Å²) in [4.78, 5) is 11.7. The van der Waals surface area contributed by atoms with E-state index < -0.39 is 0 Å². The molecule has 2 aromatic rings. The van der Waals surface area contributed by atoms with Crippen LogP contribution in [0.15, 0.2) is 47.7 Å². The number of halogens is 1. The van der Waals surface area contributed by atoms with Gasteiger partial charge >= 0.3 is 0 Å². The minimum atomic E-state index is 0.363. The van der Waals surface area contributed by atoms with Crippen molar-refractivity contribution in [1.82, 2.24) is 9.88 Å². The third kappa shape index (κ3) is 7.68. The zero-order valence-electron chi connectivity index (χ0n) is 21.5. The van der Waals surface area contributed by atoms with Crippen molar-refractivity contribution in [3.05, 3.63) is 58.9 Å². The van der Waals surface area contributed by atoms with Crippen molar-refractivity contribution in [2.75, 3.05) is 11.9 Å². The molecule has 1 fully saturated rings. The summed E-state index contributed by atoms with van der Waals surface area (Å²) in [7, 11) is 0. The zero-order valence-corrected chi connectivity index (χ0v) is 23.9. The van der Waals surface area contributed by atoms with Gasteiger partial charge in [-0.05, 0) is 86.5 Å². The number of pyridine rings is 1. The minimum absolute atomic E-state index is 0.363. The molecule has 1 aliphatic rings. The fourth-order valence-corrected chi connectivity index (χ4v) is 6.82. The Morgan fingerprint density at radius 3 is 2.71 bits per heavy atom. The van der Waals surface area contributed by atoms with Gasteiger partial charge in [0.1, 0.15) is 0 Å². The largest absolute Gasteiger partial charge is 0.332 e. The second-order valence-corrected chi connectivity index (χ2v) is 11.3. The third-order valence-electron chi connectivity index (χ3n) is 6.65. The molecule has 0 bridgehead atoms. The summed E-state index contributed by atoms with van der Waals surface area (Å²) in [5.74, 6) is 0.533. The lowest BCUT2D eigenvalue weighted by Crippen LogP contribution is -2.44. The molecular formula is C28H39ClN4S2. The van der Waals surface area contributed by atoms with E-state index in [9.17, 15) is 0 Å². The monoisotopic (exact) mass is 530 g/mol. The summed E-state index contributed by atoms with van der Waals surface area (Å²) < 4.78 is 0. The van der Waals surface area contributed by atoms with Crippen molar-refractivity contribution in [1.29, 1.82) is 0 Å². The number of hydrogen-bond acceptors (Lipinski definition) is 4. The Morgan fingerprint density at radius 2 is 2.03 bits per heavy atom. The average molecular weight is 531 g/mol. The third-order valence-corrected chi connectivity index (χ3v) is 8.57. The van der Waals surface area contributed by atoms with Crippen molar-refractivity contribution in [2.45, 2.75) is 89.9 Å². The van der Waals surface area contributed by atoms with Crippen LogP contribution in [-0.2, 0) is 0 Å². The molecule has 7 heteroatoms. The Morgan fingerprint density at radius 1 is 1.23 bits per heavy atom. The van der Waals surface area contributed by atoms with E-state index in [1.807, 2.05) is 48.4 Å². The van der Waals surface area contributed by atoms with Crippen LogP contribution in [0.2, 0.25) is 5.02 Å². The van der Waals surface area contributed by atoms with Crippen LogP contribution in [0.3, 0.4) is 0 Å². The van der Waals surface area contributed by atoms with Gasteiger partial charge in [-0.25, -0.2) is 0 Å². The first-order chi connectivity index (χ1) is 17.0. The number of thioether (sulfide) groups is 1. The maximum Gasteiger partial charge on any atom is 0.179 e. The second-order valence-electron chi connectivity index (χ2n) is 9.26. The highest BCUT2D eigenvalue weighted by Gasteiger charge is 2.40. The molecule has 0 saturated carbocycles. The topological polar surface area (TPSA) is 40.5 Å². The van der Waals surface area contributed by atoms with Crippen LogP contribution in [0.5, 0.6) is 0 Å². The molecule has 3 rings (SSSR count). The van der Waals surface area contributed by atoms with Crippen LogP contribution < -0.4 is 5.32 Å². The lowest BCUT2D eigenvalue weighted by molar-refractivity contribution is 0.400. The quantitative estimate of drug-likeness (QED) is 0.233. The molecule has 2 heterocycles. The molecule has 0 aliphatic carbocycles. The Balaban J connectivity index is 1.75. The number of nitrogens with zero attached hydrogens (tertiary/aromatic N) is 3. The maximum absolute atomic E-state index is 6.27. The van der Waals surface area contributed by atoms with E-state index in [0.717, 1.165) is 66.6 Å². The van der Waals surface area contributed by atoms with Gasteiger partial charge in [0.05, 0.1) is 6.04 Å². The van der Waals surface area contributed by atoms with Crippen molar-refractivity contribution in [3.8, 4) is 0 Å². The number of aryl methyl sites for hydroxylation is 1. The van der Waals surface area contributed by atoms with Gasteiger partial charge in [-0.2, -0.15) is 0 Å². The van der Waals surface area contributed by atoms with Crippen molar-refractivity contribution >= 4 is 51.5 Å². The van der Waals surface area contributed by atoms with Gasteiger partial charge in [0, 0.05) is 34.9 Å². The number of benzene rings is 1. The molecule has 1 N–H and O–H groups in total. The van der Waals surface area contributed by atoms with Gasteiger partial charge in [0.2, 0.25) is 0 Å². The molecule has 3 unspecified atom stereocenters. The van der Waals surface area contributed by atoms with Crippen LogP contribution in [0.25, 0.3) is 0 Å². The van der Waals surface area contributed by atoms with Gasteiger partial charge in [-0.15, -0.1) is 0 Å². The van der Waals surface area contributed by atoms with Crippen LogP contribution >= 0.6 is 35.6 Å². The molecular weight excluding hydrogens is 492 g/mol. The summed E-state index contributed by atoms with van der Waals surface area (Å²) >= 11 is 14.2. The van der Waals surface area contributed by atoms with E-state index in [2.05, 4.69) is 49.0 Å². The van der Waals surface area contributed by atoms with Gasteiger partial charge < -0.3 is 5.32 Å². The summed E-state index contributed by atoms with van der Waals surface area (Å²) in [6, 6.07) is 10.5. The Labute approximate surface area is 226 Å². The molecule has 4 nitrogen and oxygen atoms in total. The van der Waals surface area contributed by atoms with E-state index in [0.29, 0.717) is 22.2 Å². The Bertz CT molecular complexity index is 982. The highest BCUT2D eigenvalue weighted by molar-refractivity contribution is 8.14. The zero-order chi connectivity index (χ0) is 25.2. The fraction of sp³-hybridized carbons (Fsp3) is 0.536. The molecule has 0 amide bonds.